The summed E-state index contributed by atoms with van der Waals surface area (Å²) in [6.45, 7) is 5.68. The minimum absolute atomic E-state index is 0.898. The van der Waals surface area contributed by atoms with Crippen LogP contribution in [0.25, 0.3) is 6.08 Å². The predicted molar refractivity (Wildman–Crippen MR) is 52.1 cm³/mol. The van der Waals surface area contributed by atoms with E-state index in [-0.39, 0.29) is 0 Å². The van der Waals surface area contributed by atoms with Gasteiger partial charge in [0, 0.05) is 5.56 Å². The zero-order valence-electron chi connectivity index (χ0n) is 7.50. The summed E-state index contributed by atoms with van der Waals surface area (Å²) in [5, 5.41) is 0. The molecular formula is C11H13O. The lowest BCUT2D eigenvalue weighted by Crippen LogP contribution is -1.87. The van der Waals surface area contributed by atoms with Crippen LogP contribution in [0.3, 0.4) is 0 Å². The lowest BCUT2D eigenvalue weighted by Gasteiger charge is -2.04. The van der Waals surface area contributed by atoms with Gasteiger partial charge in [-0.3, -0.25) is 0 Å². The van der Waals surface area contributed by atoms with Crippen LogP contribution >= 0.6 is 0 Å². The average Bonchev–Trinajstić information content (AvgIpc) is 2.08. The topological polar surface area (TPSA) is 9.23 Å². The Morgan fingerprint density at radius 2 is 2.17 bits per heavy atom. The first-order chi connectivity index (χ1) is 5.77. The molecule has 0 saturated heterocycles. The Hall–Kier alpha value is -1.24. The number of methoxy groups -OCH3 is 1. The summed E-state index contributed by atoms with van der Waals surface area (Å²) >= 11 is 0. The molecule has 0 amide bonds. The SMILES string of the molecule is [CH2]C=Cc1ccc(C)cc1OC. The quantitative estimate of drug-likeness (QED) is 0.648. The minimum atomic E-state index is 0.898. The summed E-state index contributed by atoms with van der Waals surface area (Å²) in [4.78, 5) is 0. The Balaban J connectivity index is 3.10. The highest BCUT2D eigenvalue weighted by atomic mass is 16.5. The van der Waals surface area contributed by atoms with Crippen LogP contribution in [0.5, 0.6) is 5.75 Å². The van der Waals surface area contributed by atoms with Gasteiger partial charge in [-0.25, -0.2) is 0 Å². The summed E-state index contributed by atoms with van der Waals surface area (Å²) in [6, 6.07) is 6.09. The molecule has 1 radical (unpaired) electrons. The van der Waals surface area contributed by atoms with Gasteiger partial charge in [0.05, 0.1) is 7.11 Å². The standard InChI is InChI=1S/C11H13O/c1-4-5-10-7-6-9(2)8-11(10)12-3/h4-8H,1H2,2-3H3. The van der Waals surface area contributed by atoms with Crippen molar-refractivity contribution in [2.24, 2.45) is 0 Å². The van der Waals surface area contributed by atoms with E-state index in [2.05, 4.69) is 13.0 Å². The number of hydrogen-bond acceptors (Lipinski definition) is 1. The van der Waals surface area contributed by atoms with Gasteiger partial charge in [-0.15, -0.1) is 0 Å². The van der Waals surface area contributed by atoms with Crippen molar-refractivity contribution in [2.75, 3.05) is 7.11 Å². The Morgan fingerprint density at radius 3 is 2.75 bits per heavy atom. The molecule has 0 bridgehead atoms. The fraction of sp³-hybridized carbons (Fsp3) is 0.182. The average molecular weight is 161 g/mol. The van der Waals surface area contributed by atoms with Crippen molar-refractivity contribution in [2.45, 2.75) is 6.92 Å². The van der Waals surface area contributed by atoms with E-state index in [4.69, 9.17) is 4.74 Å². The van der Waals surface area contributed by atoms with Crippen molar-refractivity contribution in [1.29, 1.82) is 0 Å². The van der Waals surface area contributed by atoms with Gasteiger partial charge < -0.3 is 4.74 Å². The predicted octanol–water partition coefficient (Wildman–Crippen LogP) is 2.85. The molecule has 63 valence electrons. The summed E-state index contributed by atoms with van der Waals surface area (Å²) in [6.07, 6.45) is 3.69. The van der Waals surface area contributed by atoms with Gasteiger partial charge >= 0.3 is 0 Å². The largest absolute Gasteiger partial charge is 0.496 e. The third kappa shape index (κ3) is 1.88. The molecule has 12 heavy (non-hydrogen) atoms. The molecule has 0 N–H and O–H groups in total. The van der Waals surface area contributed by atoms with Crippen molar-refractivity contribution < 1.29 is 4.74 Å². The van der Waals surface area contributed by atoms with E-state index in [9.17, 15) is 0 Å². The molecule has 0 aliphatic carbocycles. The highest BCUT2D eigenvalue weighted by molar-refractivity contribution is 5.58. The van der Waals surface area contributed by atoms with E-state index in [0.717, 1.165) is 11.3 Å². The second-order valence-corrected chi connectivity index (χ2v) is 2.65. The van der Waals surface area contributed by atoms with Gasteiger partial charge in [0.25, 0.3) is 0 Å². The fourth-order valence-electron chi connectivity index (χ4n) is 1.08. The van der Waals surface area contributed by atoms with Crippen LogP contribution in [-0.4, -0.2) is 7.11 Å². The number of benzene rings is 1. The minimum Gasteiger partial charge on any atom is -0.496 e. The molecule has 1 rings (SSSR count). The van der Waals surface area contributed by atoms with Crippen LogP contribution in [0.4, 0.5) is 0 Å². The van der Waals surface area contributed by atoms with Crippen molar-refractivity contribution in [1.82, 2.24) is 0 Å². The Bertz CT molecular complexity index is 287. The van der Waals surface area contributed by atoms with Crippen LogP contribution in [0.2, 0.25) is 0 Å². The zero-order valence-corrected chi connectivity index (χ0v) is 7.50. The maximum atomic E-state index is 5.20. The van der Waals surface area contributed by atoms with Gasteiger partial charge in [0.15, 0.2) is 0 Å². The van der Waals surface area contributed by atoms with Crippen LogP contribution in [0.15, 0.2) is 24.3 Å². The molecule has 0 atom stereocenters. The van der Waals surface area contributed by atoms with Gasteiger partial charge in [-0.05, 0) is 25.5 Å². The lowest BCUT2D eigenvalue weighted by atomic mass is 10.1. The van der Waals surface area contributed by atoms with E-state index >= 15 is 0 Å². The van der Waals surface area contributed by atoms with Crippen LogP contribution < -0.4 is 4.74 Å². The maximum Gasteiger partial charge on any atom is 0.126 e. The summed E-state index contributed by atoms with van der Waals surface area (Å²) in [7, 11) is 1.68. The number of hydrogen-bond donors (Lipinski definition) is 0. The smallest absolute Gasteiger partial charge is 0.126 e. The van der Waals surface area contributed by atoms with Crippen molar-refractivity contribution >= 4 is 6.08 Å². The summed E-state index contributed by atoms with van der Waals surface area (Å²) in [5.74, 6) is 0.898. The molecule has 0 unspecified atom stereocenters. The number of aryl methyl sites for hydroxylation is 1. The first-order valence-corrected chi connectivity index (χ1v) is 3.88. The van der Waals surface area contributed by atoms with Gasteiger partial charge in [0.2, 0.25) is 0 Å². The molecule has 0 aliphatic heterocycles. The Kier molecular flexibility index (Phi) is 2.92. The van der Waals surface area contributed by atoms with Gasteiger partial charge in [-0.1, -0.05) is 24.3 Å². The summed E-state index contributed by atoms with van der Waals surface area (Å²) in [5.41, 5.74) is 2.27. The highest BCUT2D eigenvalue weighted by Gasteiger charge is 1.97. The number of ether oxygens (including phenoxy) is 1. The number of rotatable bonds is 2. The van der Waals surface area contributed by atoms with Crippen molar-refractivity contribution in [3.05, 3.63) is 42.3 Å². The fourth-order valence-corrected chi connectivity index (χ4v) is 1.08. The van der Waals surface area contributed by atoms with Crippen molar-refractivity contribution in [3.8, 4) is 5.75 Å². The van der Waals surface area contributed by atoms with Crippen LogP contribution in [0, 0.1) is 13.8 Å². The van der Waals surface area contributed by atoms with E-state index in [1.807, 2.05) is 25.1 Å². The van der Waals surface area contributed by atoms with Gasteiger partial charge in [-0.2, -0.15) is 0 Å². The Labute approximate surface area is 73.7 Å². The first kappa shape index (κ1) is 8.85. The molecule has 0 fully saturated rings. The molecule has 0 heterocycles. The third-order valence-corrected chi connectivity index (χ3v) is 1.69. The molecule has 0 saturated carbocycles. The normalized spacial score (nSPS) is 10.6. The monoisotopic (exact) mass is 161 g/mol. The maximum absolute atomic E-state index is 5.20. The second-order valence-electron chi connectivity index (χ2n) is 2.65. The summed E-state index contributed by atoms with van der Waals surface area (Å²) < 4.78 is 5.20. The second kappa shape index (κ2) is 3.96. The molecule has 1 nitrogen and oxygen atoms in total. The van der Waals surface area contributed by atoms with E-state index < -0.39 is 0 Å². The molecule has 0 aromatic heterocycles. The van der Waals surface area contributed by atoms with E-state index in [1.54, 1.807) is 13.2 Å². The van der Waals surface area contributed by atoms with Crippen LogP contribution in [-0.2, 0) is 0 Å². The molecular weight excluding hydrogens is 148 g/mol. The third-order valence-electron chi connectivity index (χ3n) is 1.69. The molecule has 1 aromatic carbocycles. The highest BCUT2D eigenvalue weighted by Crippen LogP contribution is 2.20. The first-order valence-electron chi connectivity index (χ1n) is 3.88. The molecule has 1 aromatic rings. The van der Waals surface area contributed by atoms with E-state index in [1.165, 1.54) is 5.56 Å². The van der Waals surface area contributed by atoms with Gasteiger partial charge in [0.1, 0.15) is 5.75 Å². The zero-order chi connectivity index (χ0) is 8.97. The molecule has 0 aliphatic rings. The Morgan fingerprint density at radius 1 is 1.42 bits per heavy atom. The van der Waals surface area contributed by atoms with E-state index in [0.29, 0.717) is 0 Å². The molecule has 0 spiro atoms. The van der Waals surface area contributed by atoms with Crippen molar-refractivity contribution in [3.63, 3.8) is 0 Å². The van der Waals surface area contributed by atoms with Crippen LogP contribution in [0.1, 0.15) is 11.1 Å². The lowest BCUT2D eigenvalue weighted by molar-refractivity contribution is 0.413. The number of allylic oxidation sites excluding steroid dienone is 1. The molecule has 1 heteroatoms.